The highest BCUT2D eigenvalue weighted by Crippen LogP contribution is 2.31. The Hall–Kier alpha value is -3.26. The molecule has 1 aromatic carbocycles. The van der Waals surface area contributed by atoms with Crippen LogP contribution in [0.15, 0.2) is 33.8 Å². The monoisotopic (exact) mass is 479 g/mol. The first-order valence-electron chi connectivity index (χ1n) is 9.61. The number of tetrazole rings is 1. The van der Waals surface area contributed by atoms with Gasteiger partial charge in [0, 0.05) is 18.5 Å². The number of aromatic nitrogens is 5. The average Bonchev–Trinajstić information content (AvgIpc) is 3.50. The predicted molar refractivity (Wildman–Crippen MR) is 112 cm³/mol. The third-order valence-electron chi connectivity index (χ3n) is 5.01. The molecule has 3 aromatic rings. The van der Waals surface area contributed by atoms with Gasteiger partial charge < -0.3 is 5.32 Å². The number of carbonyl (C=O) groups is 2. The number of benzene rings is 1. The number of halogens is 1. The van der Waals surface area contributed by atoms with Gasteiger partial charge in [-0.15, -0.1) is 0 Å². The molecular formula is C18H18FN7O4S2. The van der Waals surface area contributed by atoms with Crippen molar-refractivity contribution in [3.63, 3.8) is 0 Å². The highest BCUT2D eigenvalue weighted by Gasteiger charge is 2.28. The number of ketones is 1. The average molecular weight is 480 g/mol. The van der Waals surface area contributed by atoms with Gasteiger partial charge in [-0.3, -0.25) is 10.1 Å². The van der Waals surface area contributed by atoms with Crippen molar-refractivity contribution in [1.82, 2.24) is 25.2 Å². The number of hydrogen-bond donors (Lipinski definition) is 2. The molecule has 14 heteroatoms. The molecule has 0 spiro atoms. The second kappa shape index (κ2) is 8.70. The molecule has 4 rings (SSSR count). The molecule has 1 fully saturated rings. The Bertz CT molecular complexity index is 1280. The summed E-state index contributed by atoms with van der Waals surface area (Å²) in [5.41, 5.74) is 0.264. The highest BCUT2D eigenvalue weighted by molar-refractivity contribution is 7.93. The zero-order valence-electron chi connectivity index (χ0n) is 16.8. The number of nitrogens with one attached hydrogen (secondary N) is 2. The van der Waals surface area contributed by atoms with Gasteiger partial charge in [0.05, 0.1) is 11.9 Å². The third kappa shape index (κ3) is 4.36. The van der Waals surface area contributed by atoms with Crippen LogP contribution in [0.3, 0.4) is 0 Å². The van der Waals surface area contributed by atoms with E-state index in [9.17, 15) is 22.4 Å². The van der Waals surface area contributed by atoms with E-state index in [0.29, 0.717) is 11.3 Å². The number of urea groups is 1. The van der Waals surface area contributed by atoms with Crippen molar-refractivity contribution < 1.29 is 22.4 Å². The standard InChI is InChI=1S/C18H18FN7O4S2/c1-26-18(23-24-25-26)32(29,30)14-9-20-17(31-14)22-16(28)21-13-7-6-11(19)8-12(13)15(27)10-4-2-3-5-10/h6-10H,2-5H2,1H3,(H2,20,21,22,28). The number of carbonyl (C=O) groups excluding carboxylic acids is 2. The number of Topliss-reactive ketones (excluding diaryl/α,β-unsaturated/α-hetero) is 1. The third-order valence-corrected chi connectivity index (χ3v) is 8.09. The minimum Gasteiger partial charge on any atom is -0.307 e. The zero-order valence-corrected chi connectivity index (χ0v) is 18.4. The minimum absolute atomic E-state index is 0.00184. The van der Waals surface area contributed by atoms with Crippen LogP contribution in [0.5, 0.6) is 0 Å². The number of sulfone groups is 1. The lowest BCUT2D eigenvalue weighted by Gasteiger charge is -2.14. The molecule has 2 heterocycles. The summed E-state index contributed by atoms with van der Waals surface area (Å²) in [6.45, 7) is 0. The maximum atomic E-state index is 13.8. The molecule has 1 saturated carbocycles. The van der Waals surface area contributed by atoms with Crippen molar-refractivity contribution in [1.29, 1.82) is 0 Å². The summed E-state index contributed by atoms with van der Waals surface area (Å²) in [6.07, 6.45) is 4.43. The topological polar surface area (TPSA) is 149 Å². The Balaban J connectivity index is 1.50. The summed E-state index contributed by atoms with van der Waals surface area (Å²) in [5, 5.41) is 14.9. The van der Waals surface area contributed by atoms with Crippen molar-refractivity contribution in [3.8, 4) is 0 Å². The van der Waals surface area contributed by atoms with E-state index in [4.69, 9.17) is 0 Å². The fourth-order valence-corrected chi connectivity index (χ4v) is 5.81. The Morgan fingerprint density at radius 1 is 1.22 bits per heavy atom. The maximum Gasteiger partial charge on any atom is 0.325 e. The molecule has 2 amide bonds. The smallest absolute Gasteiger partial charge is 0.307 e. The Kier molecular flexibility index (Phi) is 5.97. The van der Waals surface area contributed by atoms with Crippen LogP contribution in [0, 0.1) is 11.7 Å². The molecule has 32 heavy (non-hydrogen) atoms. The van der Waals surface area contributed by atoms with Crippen LogP contribution in [0.25, 0.3) is 0 Å². The number of nitrogens with zero attached hydrogens (tertiary/aromatic N) is 5. The van der Waals surface area contributed by atoms with E-state index in [1.165, 1.54) is 13.1 Å². The van der Waals surface area contributed by atoms with E-state index in [0.717, 1.165) is 48.7 Å². The molecule has 1 aliphatic rings. The lowest BCUT2D eigenvalue weighted by atomic mass is 9.95. The predicted octanol–water partition coefficient (Wildman–Crippen LogP) is 2.66. The molecule has 0 aliphatic heterocycles. The molecule has 2 aromatic heterocycles. The number of aryl methyl sites for hydroxylation is 1. The number of anilines is 2. The summed E-state index contributed by atoms with van der Waals surface area (Å²) in [7, 11) is -2.62. The van der Waals surface area contributed by atoms with Crippen LogP contribution in [0.4, 0.5) is 20.0 Å². The van der Waals surface area contributed by atoms with Crippen molar-refractivity contribution >= 4 is 43.8 Å². The molecule has 11 nitrogen and oxygen atoms in total. The Labute approximate surface area is 186 Å². The molecular weight excluding hydrogens is 461 g/mol. The first kappa shape index (κ1) is 22.0. The van der Waals surface area contributed by atoms with E-state index in [1.807, 2.05) is 0 Å². The van der Waals surface area contributed by atoms with E-state index < -0.39 is 21.7 Å². The van der Waals surface area contributed by atoms with Crippen LogP contribution < -0.4 is 10.6 Å². The van der Waals surface area contributed by atoms with Crippen LogP contribution in [0.1, 0.15) is 36.0 Å². The van der Waals surface area contributed by atoms with Crippen molar-refractivity contribution in [2.75, 3.05) is 10.6 Å². The molecule has 0 unspecified atom stereocenters. The molecule has 0 saturated heterocycles. The molecule has 0 atom stereocenters. The van der Waals surface area contributed by atoms with Crippen LogP contribution in [-0.2, 0) is 16.9 Å². The van der Waals surface area contributed by atoms with Gasteiger partial charge in [-0.1, -0.05) is 29.3 Å². The highest BCUT2D eigenvalue weighted by atomic mass is 32.2. The van der Waals surface area contributed by atoms with Gasteiger partial charge in [0.15, 0.2) is 10.9 Å². The number of thiazole rings is 1. The van der Waals surface area contributed by atoms with Crippen molar-refractivity contribution in [2.45, 2.75) is 35.0 Å². The lowest BCUT2D eigenvalue weighted by Crippen LogP contribution is -2.22. The lowest BCUT2D eigenvalue weighted by molar-refractivity contribution is 0.0923. The quantitative estimate of drug-likeness (QED) is 0.513. The van der Waals surface area contributed by atoms with E-state index in [-0.39, 0.29) is 37.4 Å². The summed E-state index contributed by atoms with van der Waals surface area (Å²) >= 11 is 0.712. The van der Waals surface area contributed by atoms with Gasteiger partial charge >= 0.3 is 6.03 Å². The fraction of sp³-hybridized carbons (Fsp3) is 0.333. The van der Waals surface area contributed by atoms with Crippen LogP contribution in [-0.4, -0.2) is 45.4 Å². The first-order valence-corrected chi connectivity index (χ1v) is 11.9. The summed E-state index contributed by atoms with van der Waals surface area (Å²) in [4.78, 5) is 29.1. The maximum absolute atomic E-state index is 13.8. The van der Waals surface area contributed by atoms with Gasteiger partial charge in [-0.05, 0) is 41.5 Å². The second-order valence-corrected chi connectivity index (χ2v) is 10.3. The van der Waals surface area contributed by atoms with E-state index in [2.05, 4.69) is 31.1 Å². The van der Waals surface area contributed by atoms with Crippen LogP contribution >= 0.6 is 11.3 Å². The summed E-state index contributed by atoms with van der Waals surface area (Å²) < 4.78 is 39.8. The van der Waals surface area contributed by atoms with Gasteiger partial charge in [-0.2, -0.15) is 0 Å². The zero-order chi connectivity index (χ0) is 22.9. The number of rotatable bonds is 6. The Morgan fingerprint density at radius 2 is 1.97 bits per heavy atom. The normalized spacial score (nSPS) is 14.4. The molecule has 2 N–H and O–H groups in total. The van der Waals surface area contributed by atoms with Crippen LogP contribution in [0.2, 0.25) is 0 Å². The van der Waals surface area contributed by atoms with E-state index >= 15 is 0 Å². The van der Waals surface area contributed by atoms with Gasteiger partial charge in [-0.25, -0.2) is 27.3 Å². The second-order valence-electron chi connectivity index (χ2n) is 7.19. The molecule has 0 radical (unpaired) electrons. The van der Waals surface area contributed by atoms with Crippen molar-refractivity contribution in [2.24, 2.45) is 13.0 Å². The van der Waals surface area contributed by atoms with Gasteiger partial charge in [0.25, 0.3) is 15.0 Å². The summed E-state index contributed by atoms with van der Waals surface area (Å²) in [5.74, 6) is -0.982. The SMILES string of the molecule is Cn1nnnc1S(=O)(=O)c1cnc(NC(=O)Nc2ccc(F)cc2C(=O)C2CCCC2)s1. The fourth-order valence-electron chi connectivity index (χ4n) is 3.47. The first-order chi connectivity index (χ1) is 15.3. The number of amides is 2. The van der Waals surface area contributed by atoms with Gasteiger partial charge in [0.1, 0.15) is 10.0 Å². The molecule has 168 valence electrons. The van der Waals surface area contributed by atoms with Crippen molar-refractivity contribution in [3.05, 3.63) is 35.8 Å². The summed E-state index contributed by atoms with van der Waals surface area (Å²) in [6, 6.07) is 2.81. The minimum atomic E-state index is -4.01. The largest absolute Gasteiger partial charge is 0.325 e. The van der Waals surface area contributed by atoms with E-state index in [1.54, 1.807) is 0 Å². The molecule has 1 aliphatic carbocycles. The molecule has 0 bridgehead atoms. The number of hydrogen-bond acceptors (Lipinski definition) is 9. The van der Waals surface area contributed by atoms with Gasteiger partial charge in [0.2, 0.25) is 0 Å². The Morgan fingerprint density at radius 3 is 2.66 bits per heavy atom.